The first-order valence-electron chi connectivity index (χ1n) is 12.7. The number of benzene rings is 2. The topological polar surface area (TPSA) is 30.9 Å². The van der Waals surface area contributed by atoms with E-state index in [-0.39, 0.29) is 5.82 Å². The van der Waals surface area contributed by atoms with Crippen LogP contribution in [0.2, 0.25) is 0 Å². The molecule has 6 rings (SSSR count). The molecule has 1 aromatic heterocycles. The number of halogens is 1. The summed E-state index contributed by atoms with van der Waals surface area (Å²) in [4.78, 5) is 9.36. The van der Waals surface area contributed by atoms with E-state index in [2.05, 4.69) is 55.1 Å². The average molecular weight is 487 g/mol. The van der Waals surface area contributed by atoms with Crippen LogP contribution in [0.25, 0.3) is 16.7 Å². The van der Waals surface area contributed by atoms with E-state index in [1.165, 1.54) is 42.6 Å². The molecule has 3 aliphatic rings. The fraction of sp³-hybridized carbons (Fsp3) is 0.345. The third kappa shape index (κ3) is 4.78. The Morgan fingerprint density at radius 3 is 2.60 bits per heavy atom. The van der Waals surface area contributed by atoms with Crippen LogP contribution in [0.1, 0.15) is 36.8 Å². The van der Waals surface area contributed by atoms with E-state index in [1.54, 1.807) is 17.4 Å². The summed E-state index contributed by atoms with van der Waals surface area (Å²) >= 11 is 1.70. The Bertz CT molecular complexity index is 1240. The van der Waals surface area contributed by atoms with Gasteiger partial charge >= 0.3 is 0 Å². The number of aliphatic imine (C=N–C) groups is 1. The Balaban J connectivity index is 1.15. The van der Waals surface area contributed by atoms with E-state index in [4.69, 9.17) is 0 Å². The molecule has 0 amide bonds. The lowest BCUT2D eigenvalue weighted by Gasteiger charge is -2.38. The first-order chi connectivity index (χ1) is 17.2. The highest BCUT2D eigenvalue weighted by Gasteiger charge is 2.27. The summed E-state index contributed by atoms with van der Waals surface area (Å²) in [7, 11) is 0. The summed E-state index contributed by atoms with van der Waals surface area (Å²) < 4.78 is 15.1. The molecule has 0 radical (unpaired) electrons. The molecule has 0 bridgehead atoms. The second kappa shape index (κ2) is 9.96. The van der Waals surface area contributed by atoms with Gasteiger partial charge in [-0.3, -0.25) is 4.99 Å². The van der Waals surface area contributed by atoms with Crippen molar-refractivity contribution in [1.29, 1.82) is 0 Å². The Kier molecular flexibility index (Phi) is 6.40. The van der Waals surface area contributed by atoms with Crippen LogP contribution in [-0.4, -0.2) is 49.9 Å². The van der Waals surface area contributed by atoms with Gasteiger partial charge in [0.2, 0.25) is 0 Å². The van der Waals surface area contributed by atoms with Crippen molar-refractivity contribution in [1.82, 2.24) is 4.90 Å². The Morgan fingerprint density at radius 1 is 0.971 bits per heavy atom. The van der Waals surface area contributed by atoms with Gasteiger partial charge in [-0.1, -0.05) is 12.1 Å². The minimum atomic E-state index is -0.158. The summed E-state index contributed by atoms with van der Waals surface area (Å²) in [5.74, 6) is -0.158. The highest BCUT2D eigenvalue weighted by Crippen LogP contribution is 2.31. The van der Waals surface area contributed by atoms with E-state index in [0.29, 0.717) is 12.6 Å². The number of thiophene rings is 1. The van der Waals surface area contributed by atoms with Gasteiger partial charge in [-0.25, -0.2) is 4.39 Å². The Morgan fingerprint density at radius 2 is 1.83 bits per heavy atom. The number of fused-ring (bicyclic) bond motifs is 1. The lowest BCUT2D eigenvalue weighted by molar-refractivity contribution is 0.207. The van der Waals surface area contributed by atoms with Crippen molar-refractivity contribution in [3.05, 3.63) is 76.4 Å². The van der Waals surface area contributed by atoms with Gasteiger partial charge < -0.3 is 15.1 Å². The van der Waals surface area contributed by atoms with Crippen LogP contribution in [-0.2, 0) is 0 Å². The molecule has 4 heterocycles. The molecular formula is C29H31FN4S. The van der Waals surface area contributed by atoms with E-state index in [9.17, 15) is 0 Å². The van der Waals surface area contributed by atoms with E-state index < -0.39 is 0 Å². The molecule has 0 aliphatic carbocycles. The smallest absolute Gasteiger partial charge is 0.148 e. The van der Waals surface area contributed by atoms with Crippen LogP contribution >= 0.6 is 11.3 Å². The Labute approximate surface area is 210 Å². The average Bonchev–Trinajstić information content (AvgIpc) is 3.63. The van der Waals surface area contributed by atoms with Crippen LogP contribution < -0.4 is 10.2 Å². The van der Waals surface area contributed by atoms with Crippen molar-refractivity contribution in [2.24, 2.45) is 4.99 Å². The molecule has 3 aliphatic heterocycles. The van der Waals surface area contributed by atoms with Crippen LogP contribution in [0.3, 0.4) is 0 Å². The number of hydrogen-bond donors (Lipinski definition) is 1. The van der Waals surface area contributed by atoms with Crippen molar-refractivity contribution < 1.29 is 4.39 Å². The SMILES string of the molecule is Fc1cc(N/C=C2\CN=Cc3ccc(-c4ccsc4)cc32)ccc1N1CCC(N2CCCC2)CC1. The molecule has 2 fully saturated rings. The summed E-state index contributed by atoms with van der Waals surface area (Å²) in [6.07, 6.45) is 8.81. The van der Waals surface area contributed by atoms with Crippen LogP contribution in [0.4, 0.5) is 15.8 Å². The minimum absolute atomic E-state index is 0.158. The third-order valence-electron chi connectivity index (χ3n) is 7.57. The Hall–Kier alpha value is -2.96. The van der Waals surface area contributed by atoms with Crippen LogP contribution in [0.15, 0.2) is 64.4 Å². The molecular weight excluding hydrogens is 455 g/mol. The van der Waals surface area contributed by atoms with Crippen molar-refractivity contribution in [3.8, 4) is 11.1 Å². The number of piperidine rings is 1. The monoisotopic (exact) mass is 486 g/mol. The number of nitrogens with one attached hydrogen (secondary N) is 1. The number of hydrogen-bond acceptors (Lipinski definition) is 5. The zero-order valence-corrected chi connectivity index (χ0v) is 20.7. The fourth-order valence-electron chi connectivity index (χ4n) is 5.61. The van der Waals surface area contributed by atoms with Gasteiger partial charge in [0.15, 0.2) is 0 Å². The lowest BCUT2D eigenvalue weighted by Crippen LogP contribution is -2.44. The van der Waals surface area contributed by atoms with E-state index in [1.807, 2.05) is 24.5 Å². The molecule has 6 heteroatoms. The normalized spacial score (nSPS) is 19.9. The van der Waals surface area contributed by atoms with Gasteiger partial charge in [-0.05, 0) is 108 Å². The fourth-order valence-corrected chi connectivity index (χ4v) is 6.27. The van der Waals surface area contributed by atoms with E-state index in [0.717, 1.165) is 48.4 Å². The molecule has 0 unspecified atom stereocenters. The predicted molar refractivity (Wildman–Crippen MR) is 146 cm³/mol. The van der Waals surface area contributed by atoms with Crippen LogP contribution in [0.5, 0.6) is 0 Å². The van der Waals surface area contributed by atoms with Crippen molar-refractivity contribution in [2.75, 3.05) is 42.9 Å². The molecule has 0 atom stereocenters. The second-order valence-electron chi connectivity index (χ2n) is 9.73. The minimum Gasteiger partial charge on any atom is -0.369 e. The standard InChI is InChI=1S/C29H31FN4S/c30-28-16-25(5-6-29(28)34-12-7-26(8-13-34)33-10-1-2-11-33)32-19-24-18-31-17-22-4-3-21(15-27(22)24)23-9-14-35-20-23/h3-6,9,14-17,19-20,26,32H,1-2,7-8,10-13,18H2/b24-19+. The molecule has 2 saturated heterocycles. The number of likely N-dealkylation sites (tertiary alicyclic amines) is 1. The first-order valence-corrected chi connectivity index (χ1v) is 13.6. The van der Waals surface area contributed by atoms with Gasteiger partial charge in [-0.2, -0.15) is 11.3 Å². The summed E-state index contributed by atoms with van der Waals surface area (Å²) in [5.41, 5.74) is 7.31. The van der Waals surface area contributed by atoms with Gasteiger partial charge in [0.25, 0.3) is 0 Å². The van der Waals surface area contributed by atoms with E-state index >= 15 is 4.39 Å². The van der Waals surface area contributed by atoms with Crippen molar-refractivity contribution >= 4 is 34.5 Å². The highest BCUT2D eigenvalue weighted by atomic mass is 32.1. The number of rotatable bonds is 5. The summed E-state index contributed by atoms with van der Waals surface area (Å²) in [6.45, 7) is 4.94. The highest BCUT2D eigenvalue weighted by molar-refractivity contribution is 7.08. The largest absolute Gasteiger partial charge is 0.369 e. The molecule has 4 nitrogen and oxygen atoms in total. The first kappa shape index (κ1) is 22.5. The lowest BCUT2D eigenvalue weighted by atomic mass is 9.94. The quantitative estimate of drug-likeness (QED) is 0.446. The van der Waals surface area contributed by atoms with Gasteiger partial charge in [-0.15, -0.1) is 0 Å². The zero-order valence-electron chi connectivity index (χ0n) is 19.9. The van der Waals surface area contributed by atoms with Crippen molar-refractivity contribution in [2.45, 2.75) is 31.7 Å². The number of nitrogens with zero attached hydrogens (tertiary/aromatic N) is 3. The van der Waals surface area contributed by atoms with Gasteiger partial charge in [0.05, 0.1) is 12.2 Å². The maximum Gasteiger partial charge on any atom is 0.148 e. The molecule has 180 valence electrons. The summed E-state index contributed by atoms with van der Waals surface area (Å²) in [5, 5.41) is 7.59. The molecule has 1 N–H and O–H groups in total. The molecule has 2 aromatic carbocycles. The molecule has 0 saturated carbocycles. The van der Waals surface area contributed by atoms with Gasteiger partial charge in [0, 0.05) is 37.2 Å². The summed E-state index contributed by atoms with van der Waals surface area (Å²) in [6, 6.07) is 14.8. The maximum absolute atomic E-state index is 15.1. The van der Waals surface area contributed by atoms with Crippen molar-refractivity contribution in [3.63, 3.8) is 0 Å². The molecule has 3 aromatic rings. The van der Waals surface area contributed by atoms with Gasteiger partial charge in [0.1, 0.15) is 5.82 Å². The zero-order chi connectivity index (χ0) is 23.6. The number of anilines is 2. The second-order valence-corrected chi connectivity index (χ2v) is 10.5. The molecule has 0 spiro atoms. The third-order valence-corrected chi connectivity index (χ3v) is 8.25. The van der Waals surface area contributed by atoms with Crippen LogP contribution in [0, 0.1) is 5.82 Å². The maximum atomic E-state index is 15.1. The predicted octanol–water partition coefficient (Wildman–Crippen LogP) is 6.50. The molecule has 35 heavy (non-hydrogen) atoms.